The predicted molar refractivity (Wildman–Crippen MR) is 283 cm³/mol. The first-order valence-electron chi connectivity index (χ1n) is 27.4. The minimum absolute atomic E-state index is 0.0435. The summed E-state index contributed by atoms with van der Waals surface area (Å²) in [6.07, 6.45) is 6.60. The molecule has 9 heterocycles. The van der Waals surface area contributed by atoms with Gasteiger partial charge in [-0.05, 0) is 117 Å². The van der Waals surface area contributed by atoms with Gasteiger partial charge in [0.1, 0.15) is 35.3 Å². The number of aliphatic hydroxyl groups is 1. The van der Waals surface area contributed by atoms with Crippen molar-refractivity contribution < 1.29 is 47.3 Å². The van der Waals surface area contributed by atoms with Crippen LogP contribution in [0.25, 0.3) is 11.1 Å². The van der Waals surface area contributed by atoms with Crippen molar-refractivity contribution in [2.45, 2.75) is 110 Å². The van der Waals surface area contributed by atoms with Crippen molar-refractivity contribution in [3.05, 3.63) is 111 Å². The van der Waals surface area contributed by atoms with E-state index in [1.54, 1.807) is 29.3 Å². The number of piperidine rings is 2. The Morgan fingerprint density at radius 3 is 2.39 bits per heavy atom. The molecule has 4 aromatic heterocycles. The van der Waals surface area contributed by atoms with Crippen LogP contribution >= 0.6 is 7.82 Å². The van der Waals surface area contributed by atoms with Gasteiger partial charge in [0.25, 0.3) is 23.3 Å². The Hall–Kier alpha value is -6.74. The fourth-order valence-electron chi connectivity index (χ4n) is 12.5. The molecule has 4 N–H and O–H groups in total. The number of fused-ring (bicyclic) bond motifs is 4. The number of likely N-dealkylation sites (tertiary alicyclic amines) is 1. The van der Waals surface area contributed by atoms with Gasteiger partial charge in [-0.2, -0.15) is 0 Å². The van der Waals surface area contributed by atoms with E-state index in [0.717, 1.165) is 75.3 Å². The molecule has 1 aromatic carbocycles. The van der Waals surface area contributed by atoms with Crippen LogP contribution in [0.5, 0.6) is 0 Å². The molecule has 5 aromatic rings. The number of aliphatic hydroxyl groups excluding tert-OH is 1. The summed E-state index contributed by atoms with van der Waals surface area (Å²) in [6, 6.07) is 14.0. The molecule has 2 unspecified atom stereocenters. The van der Waals surface area contributed by atoms with Gasteiger partial charge in [-0.15, -0.1) is 0 Å². The lowest BCUT2D eigenvalue weighted by Gasteiger charge is -2.46. The van der Waals surface area contributed by atoms with Gasteiger partial charge in [0.05, 0.1) is 18.5 Å². The molecule has 11 rings (SSSR count). The molecule has 5 aliphatic heterocycles. The fraction of sp³-hybridized carbons (Fsp3) is 0.463. The molecule has 21 nitrogen and oxygen atoms in total. The van der Waals surface area contributed by atoms with Crippen molar-refractivity contribution in [2.75, 3.05) is 59.3 Å². The molecule has 4 amide bonds. The standard InChI is InChI=1S/C54H64N11O10P/c1-32-28-60(37-13-16-59(17-14-37)38-6-8-41-35(22-38)30-64(50(41)68)44-9-11-48(67)65(53(44)71)33(2)75-76(72,73)74)18-19-61(32)39-7-10-47(56-27-39)57-43-23-36(29-58(5)51(43)69)40-12-15-55-49(42(40)31-66)63-21-20-62-45(52(63)70)24-34-25-54(3,4)26-46(34)62/h6-8,10,12,15,22-24,27,29,32-33,37,44,66H,9,11,13-14,16-21,25-26,28,30-31H2,1-5H3,(H,56,57)(H2,72,73,74)/t32-,33?,44?/m0/s1/i5D3. The van der Waals surface area contributed by atoms with Gasteiger partial charge in [0, 0.05) is 122 Å². The highest BCUT2D eigenvalue weighted by atomic mass is 31.2. The number of rotatable bonds is 12. The third-order valence-corrected chi connectivity index (χ3v) is 16.7. The number of imide groups is 1. The number of hydrogen-bond acceptors (Lipinski definition) is 14. The Labute approximate surface area is 444 Å². The zero-order valence-electron chi connectivity index (χ0n) is 45.9. The average molecular weight is 1060 g/mol. The monoisotopic (exact) mass is 1060 g/mol. The highest BCUT2D eigenvalue weighted by Crippen LogP contribution is 2.42. The second kappa shape index (κ2) is 19.7. The first-order valence-corrected chi connectivity index (χ1v) is 27.4. The number of aryl methyl sites for hydroxylation is 1. The maximum Gasteiger partial charge on any atom is 0.471 e. The summed E-state index contributed by atoms with van der Waals surface area (Å²) in [4.78, 5) is 106. The van der Waals surface area contributed by atoms with E-state index in [1.807, 2.05) is 24.3 Å². The molecule has 22 heteroatoms. The molecule has 0 bridgehead atoms. The van der Waals surface area contributed by atoms with Gasteiger partial charge in [0.2, 0.25) is 5.91 Å². The van der Waals surface area contributed by atoms with Crippen LogP contribution in [0.1, 0.15) is 101 Å². The number of carbonyl (C=O) groups excluding carboxylic acids is 4. The molecule has 3 saturated heterocycles. The first kappa shape index (κ1) is 47.7. The largest absolute Gasteiger partial charge is 0.471 e. The number of nitrogens with one attached hydrogen (secondary N) is 1. The van der Waals surface area contributed by atoms with E-state index in [1.165, 1.54) is 41.5 Å². The smallest absolute Gasteiger partial charge is 0.392 e. The summed E-state index contributed by atoms with van der Waals surface area (Å²) in [5.41, 5.74) is 6.36. The average Bonchev–Trinajstić information content (AvgIpc) is 4.27. The Morgan fingerprint density at radius 1 is 0.882 bits per heavy atom. The number of anilines is 5. The molecule has 0 radical (unpaired) electrons. The van der Waals surface area contributed by atoms with Crippen LogP contribution in [-0.4, -0.2) is 136 Å². The Kier molecular flexibility index (Phi) is 12.4. The number of piperazine rings is 1. The Morgan fingerprint density at radius 2 is 1.67 bits per heavy atom. The van der Waals surface area contributed by atoms with Crippen molar-refractivity contribution in [3.63, 3.8) is 0 Å². The summed E-state index contributed by atoms with van der Waals surface area (Å²) in [5, 5.41) is 13.9. The van der Waals surface area contributed by atoms with Crippen LogP contribution in [0.15, 0.2) is 71.9 Å². The quantitative estimate of drug-likeness (QED) is 0.0972. The van der Waals surface area contributed by atoms with E-state index in [4.69, 9.17) is 4.11 Å². The number of nitrogens with zero attached hydrogens (tertiary/aromatic N) is 10. The van der Waals surface area contributed by atoms with Gasteiger partial charge in [-0.1, -0.05) is 13.8 Å². The minimum Gasteiger partial charge on any atom is -0.392 e. The van der Waals surface area contributed by atoms with Crippen LogP contribution in [0.3, 0.4) is 0 Å². The van der Waals surface area contributed by atoms with Crippen LogP contribution < -0.4 is 25.6 Å². The Balaban J connectivity index is 0.720. The molecule has 3 fully saturated rings. The molecule has 0 spiro atoms. The number of amides is 4. The highest BCUT2D eigenvalue weighted by Gasteiger charge is 2.46. The molecule has 400 valence electrons. The maximum atomic E-state index is 14.1. The Bertz CT molecular complexity index is 3390. The van der Waals surface area contributed by atoms with E-state index in [0.29, 0.717) is 62.4 Å². The lowest BCUT2D eigenvalue weighted by molar-refractivity contribution is -0.161. The number of phosphoric acid groups is 1. The number of aromatic nitrogens is 4. The van der Waals surface area contributed by atoms with Crippen molar-refractivity contribution in [2.24, 2.45) is 12.4 Å². The van der Waals surface area contributed by atoms with Crippen LogP contribution in [-0.2, 0) is 58.2 Å². The van der Waals surface area contributed by atoms with Gasteiger partial charge >= 0.3 is 7.82 Å². The van der Waals surface area contributed by atoms with E-state index in [9.17, 15) is 43.4 Å². The molecular formula is C54H64N11O10P. The predicted octanol–water partition coefficient (Wildman–Crippen LogP) is 4.77. The molecule has 3 atom stereocenters. The third kappa shape index (κ3) is 9.51. The van der Waals surface area contributed by atoms with E-state index >= 15 is 0 Å². The molecular weight excluding hydrogens is 994 g/mol. The fourth-order valence-corrected chi connectivity index (χ4v) is 13.0. The third-order valence-electron chi connectivity index (χ3n) is 16.1. The summed E-state index contributed by atoms with van der Waals surface area (Å²) in [6.45, 7) is 9.51. The summed E-state index contributed by atoms with van der Waals surface area (Å²) >= 11 is 0. The molecule has 1 aliphatic carbocycles. The van der Waals surface area contributed by atoms with E-state index < -0.39 is 51.0 Å². The first-order chi connectivity index (χ1) is 37.5. The summed E-state index contributed by atoms with van der Waals surface area (Å²) in [5.74, 6) is -1.35. The lowest BCUT2D eigenvalue weighted by Crippen LogP contribution is -2.57. The minimum atomic E-state index is -5.00. The van der Waals surface area contributed by atoms with Gasteiger partial charge in [-0.3, -0.25) is 43.2 Å². The zero-order chi connectivity index (χ0) is 56.0. The topological polar surface area (TPSA) is 239 Å². The van der Waals surface area contributed by atoms with Gasteiger partial charge in [-0.25, -0.2) is 14.5 Å². The number of phosphoric ester groups is 1. The van der Waals surface area contributed by atoms with Crippen molar-refractivity contribution in [3.8, 4) is 11.1 Å². The SMILES string of the molecule is [2H]C([2H])([2H])n1cc(-c2ccnc(N3CCn4c(cc5c4CC(C)(C)C5)C3=O)c2CO)cc(Nc2ccc(N3CCN(C4CCN(c5ccc6c(c5)CN(C5CCC(=O)N(C(C)OP(=O)(O)O)C5=O)C6=O)CC4)C[C@@H]3C)cn2)c1=O. The van der Waals surface area contributed by atoms with Crippen LogP contribution in [0, 0.1) is 5.41 Å². The van der Waals surface area contributed by atoms with Gasteiger partial charge < -0.3 is 44.0 Å². The number of hydrogen-bond donors (Lipinski definition) is 4. The van der Waals surface area contributed by atoms with Crippen molar-refractivity contribution in [1.82, 2.24) is 33.8 Å². The normalized spacial score (nSPS) is 22.4. The number of carbonyl (C=O) groups is 4. The molecule has 0 saturated carbocycles. The van der Waals surface area contributed by atoms with Crippen LogP contribution in [0.2, 0.25) is 0 Å². The number of benzene rings is 1. The number of pyridine rings is 3. The van der Waals surface area contributed by atoms with E-state index in [2.05, 4.69) is 59.8 Å². The molecule has 76 heavy (non-hydrogen) atoms. The second-order valence-corrected chi connectivity index (χ2v) is 22.9. The lowest BCUT2D eigenvalue weighted by atomic mass is 9.90. The summed E-state index contributed by atoms with van der Waals surface area (Å²) < 4.78 is 43.7. The maximum absolute atomic E-state index is 14.1. The highest BCUT2D eigenvalue weighted by molar-refractivity contribution is 7.46. The molecule has 6 aliphatic rings. The second-order valence-electron chi connectivity index (χ2n) is 21.7. The van der Waals surface area contributed by atoms with Crippen molar-refractivity contribution >= 4 is 60.1 Å². The van der Waals surface area contributed by atoms with Gasteiger partial charge in [0.15, 0.2) is 0 Å². The summed E-state index contributed by atoms with van der Waals surface area (Å²) in [7, 11) is -5.00. The van der Waals surface area contributed by atoms with Crippen molar-refractivity contribution in [1.29, 1.82) is 0 Å². The van der Waals surface area contributed by atoms with Crippen LogP contribution in [0.4, 0.5) is 28.7 Å². The zero-order valence-corrected chi connectivity index (χ0v) is 43.8. The van der Waals surface area contributed by atoms with E-state index in [-0.39, 0.29) is 54.2 Å².